The van der Waals surface area contributed by atoms with Gasteiger partial charge in [0.15, 0.2) is 0 Å². The number of alkyl carbamates (subject to hydrolysis) is 1. The molecule has 0 saturated carbocycles. The van der Waals surface area contributed by atoms with Gasteiger partial charge in [-0.2, -0.15) is 4.31 Å². The minimum Gasteiger partial charge on any atom is -0.444 e. The zero-order valence-electron chi connectivity index (χ0n) is 20.0. The predicted octanol–water partition coefficient (Wildman–Crippen LogP) is 2.96. The van der Waals surface area contributed by atoms with Gasteiger partial charge in [-0.25, -0.2) is 17.6 Å². The molecule has 0 radical (unpaired) electrons. The van der Waals surface area contributed by atoms with Crippen LogP contribution in [-0.4, -0.2) is 68.5 Å². The molecule has 3 rings (SSSR count). The molecule has 2 aromatic rings. The highest BCUT2D eigenvalue weighted by molar-refractivity contribution is 7.89. The van der Waals surface area contributed by atoms with Gasteiger partial charge in [-0.3, -0.25) is 0 Å². The number of nitrogens with zero attached hydrogens (tertiary/aromatic N) is 1. The summed E-state index contributed by atoms with van der Waals surface area (Å²) in [6, 6.07) is 13.0. The Hall–Kier alpha value is -2.53. The molecule has 0 spiro atoms. The number of hydrogen-bond donors (Lipinski definition) is 2. The van der Waals surface area contributed by atoms with E-state index in [9.17, 15) is 22.7 Å². The van der Waals surface area contributed by atoms with Crippen molar-refractivity contribution in [3.05, 3.63) is 66.0 Å². The van der Waals surface area contributed by atoms with E-state index in [0.717, 1.165) is 17.7 Å². The van der Waals surface area contributed by atoms with E-state index in [-0.39, 0.29) is 36.4 Å². The minimum atomic E-state index is -4.02. The molecular weight excluding hydrogens is 475 g/mol. The molecule has 0 aliphatic carbocycles. The van der Waals surface area contributed by atoms with Crippen molar-refractivity contribution in [3.8, 4) is 0 Å². The summed E-state index contributed by atoms with van der Waals surface area (Å²) in [5.41, 5.74) is 0.859. The van der Waals surface area contributed by atoms with Crippen molar-refractivity contribution in [2.75, 3.05) is 26.3 Å². The third-order valence-electron chi connectivity index (χ3n) is 5.64. The standard InChI is InChI=1S/C25H33FN2O6S/c1-18(2)15-28(35(31,32)22-10-8-20(26)9-11-22)16-24(29)23(14-19-6-4-3-5-7-19)27-25(30)34-21-12-13-33-17-21/h3-11,18,21,23-24,29H,12-17H2,1-2H3,(H,27,30)/t21-,23-,24+/m0/s1. The molecule has 10 heteroatoms. The number of benzene rings is 2. The molecule has 1 saturated heterocycles. The number of carbonyl (C=O) groups is 1. The van der Waals surface area contributed by atoms with Crippen molar-refractivity contribution >= 4 is 16.1 Å². The maximum atomic E-state index is 13.4. The topological polar surface area (TPSA) is 105 Å². The van der Waals surface area contributed by atoms with Crippen molar-refractivity contribution in [1.82, 2.24) is 9.62 Å². The highest BCUT2D eigenvalue weighted by Crippen LogP contribution is 2.20. The molecule has 8 nitrogen and oxygen atoms in total. The van der Waals surface area contributed by atoms with E-state index in [1.54, 1.807) is 0 Å². The fourth-order valence-electron chi connectivity index (χ4n) is 3.86. The Bertz CT molecular complexity index is 1040. The molecule has 192 valence electrons. The van der Waals surface area contributed by atoms with Crippen LogP contribution in [0.5, 0.6) is 0 Å². The largest absolute Gasteiger partial charge is 0.444 e. The lowest BCUT2D eigenvalue weighted by Crippen LogP contribution is -2.51. The molecule has 1 heterocycles. The third-order valence-corrected chi connectivity index (χ3v) is 7.48. The number of sulfonamides is 1. The fourth-order valence-corrected chi connectivity index (χ4v) is 5.49. The first-order valence-corrected chi connectivity index (χ1v) is 13.1. The van der Waals surface area contributed by atoms with E-state index in [1.807, 2.05) is 44.2 Å². The number of ether oxygens (including phenoxy) is 2. The van der Waals surface area contributed by atoms with Crippen molar-refractivity contribution < 1.29 is 32.2 Å². The molecule has 1 aliphatic heterocycles. The highest BCUT2D eigenvalue weighted by atomic mass is 32.2. The SMILES string of the molecule is CC(C)CN(C[C@@H](O)[C@H](Cc1ccccc1)NC(=O)O[C@H]1CCOC1)S(=O)(=O)c1ccc(F)cc1. The van der Waals surface area contributed by atoms with Gasteiger partial charge in [0.1, 0.15) is 11.9 Å². The molecule has 1 fully saturated rings. The summed E-state index contributed by atoms with van der Waals surface area (Å²) in [5.74, 6) is -0.581. The Morgan fingerprint density at radius 2 is 1.86 bits per heavy atom. The van der Waals surface area contributed by atoms with Crippen LogP contribution in [0.3, 0.4) is 0 Å². The summed E-state index contributed by atoms with van der Waals surface area (Å²) in [6.07, 6.45) is -1.43. The zero-order valence-corrected chi connectivity index (χ0v) is 20.8. The van der Waals surface area contributed by atoms with Crippen molar-refractivity contribution in [3.63, 3.8) is 0 Å². The van der Waals surface area contributed by atoms with E-state index in [1.165, 1.54) is 16.4 Å². The Labute approximate surface area is 206 Å². The number of amides is 1. The van der Waals surface area contributed by atoms with Crippen molar-refractivity contribution in [2.45, 2.75) is 49.8 Å². The normalized spacial score (nSPS) is 17.9. The van der Waals surface area contributed by atoms with Crippen LogP contribution in [0, 0.1) is 11.7 Å². The zero-order chi connectivity index (χ0) is 25.4. The minimum absolute atomic E-state index is 0.0368. The van der Waals surface area contributed by atoms with Crippen LogP contribution >= 0.6 is 0 Å². The smallest absolute Gasteiger partial charge is 0.407 e. The molecule has 0 aromatic heterocycles. The average Bonchev–Trinajstić information content (AvgIpc) is 3.31. The van der Waals surface area contributed by atoms with Crippen molar-refractivity contribution in [1.29, 1.82) is 0 Å². The summed E-state index contributed by atoms with van der Waals surface area (Å²) < 4.78 is 51.8. The molecule has 3 atom stereocenters. The van der Waals surface area contributed by atoms with Gasteiger partial charge in [-0.05, 0) is 42.2 Å². The Balaban J connectivity index is 1.80. The second-order valence-electron chi connectivity index (χ2n) is 9.07. The van der Waals surface area contributed by atoms with Gasteiger partial charge in [0.25, 0.3) is 0 Å². The monoisotopic (exact) mass is 508 g/mol. The van der Waals surface area contributed by atoms with Crippen LogP contribution in [0.1, 0.15) is 25.8 Å². The molecule has 0 unspecified atom stereocenters. The van der Waals surface area contributed by atoms with Crippen LogP contribution in [-0.2, 0) is 25.9 Å². The van der Waals surface area contributed by atoms with Gasteiger partial charge in [-0.1, -0.05) is 44.2 Å². The summed E-state index contributed by atoms with van der Waals surface area (Å²) in [5, 5.41) is 13.9. The molecule has 0 bridgehead atoms. The first-order chi connectivity index (χ1) is 16.6. The first-order valence-electron chi connectivity index (χ1n) is 11.7. The van der Waals surface area contributed by atoms with Crippen LogP contribution < -0.4 is 5.32 Å². The van der Waals surface area contributed by atoms with Gasteiger partial charge in [-0.15, -0.1) is 0 Å². The van der Waals surface area contributed by atoms with Crippen LogP contribution in [0.2, 0.25) is 0 Å². The number of nitrogens with one attached hydrogen (secondary N) is 1. The highest BCUT2D eigenvalue weighted by Gasteiger charge is 2.32. The van der Waals surface area contributed by atoms with E-state index >= 15 is 0 Å². The maximum absolute atomic E-state index is 13.4. The number of aliphatic hydroxyl groups is 1. The third kappa shape index (κ3) is 7.99. The first kappa shape index (κ1) is 27.1. The van der Waals surface area contributed by atoms with Gasteiger partial charge < -0.3 is 19.9 Å². The Kier molecular flexibility index (Phi) is 9.62. The number of halogens is 1. The fraction of sp³-hybridized carbons (Fsp3) is 0.480. The molecule has 2 aromatic carbocycles. The predicted molar refractivity (Wildman–Crippen MR) is 129 cm³/mol. The van der Waals surface area contributed by atoms with E-state index in [2.05, 4.69) is 5.32 Å². The molecule has 1 aliphatic rings. The van der Waals surface area contributed by atoms with Gasteiger partial charge >= 0.3 is 6.09 Å². The number of hydrogen-bond acceptors (Lipinski definition) is 6. The number of aliphatic hydroxyl groups excluding tert-OH is 1. The number of carbonyl (C=O) groups excluding carboxylic acids is 1. The van der Waals surface area contributed by atoms with Crippen LogP contribution in [0.25, 0.3) is 0 Å². The summed E-state index contributed by atoms with van der Waals surface area (Å²) in [6.45, 7) is 4.43. The summed E-state index contributed by atoms with van der Waals surface area (Å²) >= 11 is 0. The molecule has 2 N–H and O–H groups in total. The Morgan fingerprint density at radius 1 is 1.17 bits per heavy atom. The second-order valence-corrected chi connectivity index (χ2v) is 11.0. The Morgan fingerprint density at radius 3 is 2.46 bits per heavy atom. The quantitative estimate of drug-likeness (QED) is 0.484. The maximum Gasteiger partial charge on any atom is 0.407 e. The average molecular weight is 509 g/mol. The second kappa shape index (κ2) is 12.4. The molecule has 35 heavy (non-hydrogen) atoms. The van der Waals surface area contributed by atoms with Crippen LogP contribution in [0.15, 0.2) is 59.5 Å². The van der Waals surface area contributed by atoms with E-state index < -0.39 is 34.1 Å². The number of rotatable bonds is 11. The van der Waals surface area contributed by atoms with Crippen LogP contribution in [0.4, 0.5) is 9.18 Å². The molecular formula is C25H33FN2O6S. The van der Waals surface area contributed by atoms with Gasteiger partial charge in [0.2, 0.25) is 10.0 Å². The summed E-state index contributed by atoms with van der Waals surface area (Å²) in [4.78, 5) is 12.5. The molecule has 1 amide bonds. The lowest BCUT2D eigenvalue weighted by atomic mass is 10.0. The lowest BCUT2D eigenvalue weighted by molar-refractivity contribution is 0.0644. The summed E-state index contributed by atoms with van der Waals surface area (Å²) in [7, 11) is -4.02. The van der Waals surface area contributed by atoms with Gasteiger partial charge in [0.05, 0.1) is 30.3 Å². The van der Waals surface area contributed by atoms with E-state index in [0.29, 0.717) is 19.6 Å². The van der Waals surface area contributed by atoms with Gasteiger partial charge in [0, 0.05) is 19.5 Å². The lowest BCUT2D eigenvalue weighted by Gasteiger charge is -2.30. The van der Waals surface area contributed by atoms with Crippen molar-refractivity contribution in [2.24, 2.45) is 5.92 Å². The van der Waals surface area contributed by atoms with E-state index in [4.69, 9.17) is 9.47 Å².